The molecule has 0 aliphatic heterocycles. The van der Waals surface area contributed by atoms with Crippen molar-refractivity contribution in [1.29, 1.82) is 0 Å². The van der Waals surface area contributed by atoms with Crippen molar-refractivity contribution >= 4 is 33.2 Å². The van der Waals surface area contributed by atoms with Crippen molar-refractivity contribution in [3.63, 3.8) is 0 Å². The normalized spacial score (nSPS) is 14.6. The molecule has 1 saturated carbocycles. The fourth-order valence-corrected chi connectivity index (χ4v) is 5.15. The zero-order chi connectivity index (χ0) is 20.1. The minimum absolute atomic E-state index is 0.0355. The first-order chi connectivity index (χ1) is 13.4. The van der Waals surface area contributed by atoms with Crippen LogP contribution in [0.15, 0.2) is 66.1 Å². The van der Waals surface area contributed by atoms with Gasteiger partial charge in [0.05, 0.1) is 22.2 Å². The summed E-state index contributed by atoms with van der Waals surface area (Å²) in [6, 6.07) is 13.0. The molecule has 0 saturated heterocycles. The smallest absolute Gasteiger partial charge is 0.264 e. The third-order valence-electron chi connectivity index (χ3n) is 4.79. The van der Waals surface area contributed by atoms with Crippen LogP contribution in [0.4, 0.5) is 5.69 Å². The van der Waals surface area contributed by atoms with Gasteiger partial charge in [0.25, 0.3) is 15.9 Å². The molecule has 0 bridgehead atoms. The number of hydrogen-bond donors (Lipinski definition) is 1. The van der Waals surface area contributed by atoms with E-state index >= 15 is 0 Å². The number of carbonyl (C=O) groups is 1. The lowest BCUT2D eigenvalue weighted by atomic mass is 10.2. The summed E-state index contributed by atoms with van der Waals surface area (Å²) >= 11 is 6.22. The van der Waals surface area contributed by atoms with Gasteiger partial charge in [-0.3, -0.25) is 9.10 Å². The number of nitrogens with one attached hydrogen (secondary N) is 1. The predicted octanol–water partition coefficient (Wildman–Crippen LogP) is 4.39. The number of anilines is 1. The zero-order valence-corrected chi connectivity index (χ0v) is 17.0. The Morgan fingerprint density at radius 3 is 2.57 bits per heavy atom. The maximum absolute atomic E-state index is 13.3. The highest BCUT2D eigenvalue weighted by molar-refractivity contribution is 7.92. The average Bonchev–Trinajstić information content (AvgIpc) is 3.20. The van der Waals surface area contributed by atoms with Crippen LogP contribution in [-0.2, 0) is 10.0 Å². The molecule has 1 aliphatic rings. The summed E-state index contributed by atoms with van der Waals surface area (Å²) in [4.78, 5) is 12.6. The number of amides is 1. The van der Waals surface area contributed by atoms with Gasteiger partial charge in [-0.25, -0.2) is 8.42 Å². The van der Waals surface area contributed by atoms with Crippen LogP contribution in [-0.4, -0.2) is 26.9 Å². The fraction of sp³-hybridized carbons (Fsp3) is 0.286. The van der Waals surface area contributed by atoms with Crippen molar-refractivity contribution in [2.24, 2.45) is 0 Å². The van der Waals surface area contributed by atoms with Gasteiger partial charge < -0.3 is 5.32 Å². The molecular weight excluding hydrogens is 396 g/mol. The fourth-order valence-electron chi connectivity index (χ4n) is 3.36. The summed E-state index contributed by atoms with van der Waals surface area (Å²) in [5.41, 5.74) is 0.690. The highest BCUT2D eigenvalue weighted by Gasteiger charge is 2.27. The lowest BCUT2D eigenvalue weighted by Gasteiger charge is -2.24. The molecule has 0 unspecified atom stereocenters. The van der Waals surface area contributed by atoms with Gasteiger partial charge in [0.15, 0.2) is 0 Å². The van der Waals surface area contributed by atoms with Gasteiger partial charge in [0.1, 0.15) is 0 Å². The molecule has 1 amide bonds. The van der Waals surface area contributed by atoms with Gasteiger partial charge in [0, 0.05) is 11.6 Å². The number of carbonyl (C=O) groups excluding carboxylic acids is 1. The number of para-hydroxylation sites is 1. The van der Waals surface area contributed by atoms with Crippen LogP contribution in [0.3, 0.4) is 0 Å². The summed E-state index contributed by atoms with van der Waals surface area (Å²) in [6.45, 7) is 3.71. The van der Waals surface area contributed by atoms with Crippen LogP contribution in [0.5, 0.6) is 0 Å². The van der Waals surface area contributed by atoms with Crippen molar-refractivity contribution in [3.05, 3.63) is 71.8 Å². The molecule has 0 spiro atoms. The Balaban J connectivity index is 1.92. The monoisotopic (exact) mass is 418 g/mol. The molecule has 148 valence electrons. The second-order valence-corrected chi connectivity index (χ2v) is 9.03. The van der Waals surface area contributed by atoms with E-state index in [1.54, 1.807) is 36.4 Å². The molecule has 7 heteroatoms. The molecule has 2 aromatic rings. The highest BCUT2D eigenvalue weighted by atomic mass is 35.5. The van der Waals surface area contributed by atoms with Gasteiger partial charge in [-0.1, -0.05) is 48.7 Å². The van der Waals surface area contributed by atoms with Gasteiger partial charge in [0.2, 0.25) is 0 Å². The Labute approximate surface area is 171 Å². The van der Waals surface area contributed by atoms with E-state index in [0.717, 1.165) is 25.7 Å². The van der Waals surface area contributed by atoms with Crippen LogP contribution in [0.1, 0.15) is 36.0 Å². The molecule has 0 aromatic heterocycles. The quantitative estimate of drug-likeness (QED) is 0.678. The van der Waals surface area contributed by atoms with E-state index in [9.17, 15) is 13.2 Å². The second-order valence-electron chi connectivity index (χ2n) is 6.76. The molecule has 0 radical (unpaired) electrons. The zero-order valence-electron chi connectivity index (χ0n) is 15.5. The first-order valence-electron chi connectivity index (χ1n) is 9.22. The van der Waals surface area contributed by atoms with E-state index in [1.165, 1.54) is 22.5 Å². The lowest BCUT2D eigenvalue weighted by Crippen LogP contribution is -2.33. The first-order valence-corrected chi connectivity index (χ1v) is 11.0. The van der Waals surface area contributed by atoms with E-state index in [1.807, 2.05) is 0 Å². The number of halogens is 1. The van der Waals surface area contributed by atoms with Gasteiger partial charge in [-0.05, 0) is 43.2 Å². The Morgan fingerprint density at radius 2 is 1.89 bits per heavy atom. The average molecular weight is 419 g/mol. The predicted molar refractivity (Wildman–Crippen MR) is 112 cm³/mol. The molecule has 0 heterocycles. The highest BCUT2D eigenvalue weighted by Crippen LogP contribution is 2.30. The number of nitrogens with zero attached hydrogens (tertiary/aromatic N) is 1. The van der Waals surface area contributed by atoms with Crippen LogP contribution in [0.2, 0.25) is 5.02 Å². The van der Waals surface area contributed by atoms with Crippen molar-refractivity contribution in [1.82, 2.24) is 5.32 Å². The van der Waals surface area contributed by atoms with Crippen molar-refractivity contribution in [2.75, 3.05) is 10.8 Å². The van der Waals surface area contributed by atoms with E-state index < -0.39 is 10.0 Å². The molecule has 1 aliphatic carbocycles. The molecule has 28 heavy (non-hydrogen) atoms. The van der Waals surface area contributed by atoms with Gasteiger partial charge >= 0.3 is 0 Å². The maximum Gasteiger partial charge on any atom is 0.264 e. The molecule has 2 aromatic carbocycles. The standard InChI is InChI=1S/C21H23ClN2O3S/c1-2-14-24(20-13-6-5-12-19(20)22)28(26,27)18-11-7-8-16(15-18)21(25)23-17-9-3-4-10-17/h2,5-8,11-13,15,17H,1,3-4,9-10,14H2,(H,23,25). The SMILES string of the molecule is C=CCN(c1ccccc1Cl)S(=O)(=O)c1cccc(C(=O)NC2CCCC2)c1. The summed E-state index contributed by atoms with van der Waals surface area (Å²) in [5.74, 6) is -0.253. The Bertz CT molecular complexity index is 969. The molecule has 1 fully saturated rings. The number of benzene rings is 2. The molecule has 5 nitrogen and oxygen atoms in total. The largest absolute Gasteiger partial charge is 0.349 e. The minimum atomic E-state index is -3.92. The van der Waals surface area contributed by atoms with Crippen molar-refractivity contribution in [3.8, 4) is 0 Å². The van der Waals surface area contributed by atoms with E-state index in [4.69, 9.17) is 11.6 Å². The third-order valence-corrected chi connectivity index (χ3v) is 6.89. The number of hydrogen-bond acceptors (Lipinski definition) is 3. The number of rotatable bonds is 7. The molecule has 1 N–H and O–H groups in total. The van der Waals surface area contributed by atoms with E-state index in [2.05, 4.69) is 11.9 Å². The Kier molecular flexibility index (Phi) is 6.42. The summed E-state index contributed by atoms with van der Waals surface area (Å²) in [5, 5.41) is 3.31. The number of sulfonamides is 1. The summed E-state index contributed by atoms with van der Waals surface area (Å²) in [6.07, 6.45) is 5.63. The third kappa shape index (κ3) is 4.39. The molecular formula is C21H23ClN2O3S. The van der Waals surface area contributed by atoms with E-state index in [0.29, 0.717) is 16.3 Å². The van der Waals surface area contributed by atoms with Crippen LogP contribution >= 0.6 is 11.6 Å². The molecule has 3 rings (SSSR count). The van der Waals surface area contributed by atoms with Crippen LogP contribution in [0.25, 0.3) is 0 Å². The van der Waals surface area contributed by atoms with Crippen LogP contribution in [0, 0.1) is 0 Å². The van der Waals surface area contributed by atoms with E-state index in [-0.39, 0.29) is 23.4 Å². The minimum Gasteiger partial charge on any atom is -0.349 e. The van der Waals surface area contributed by atoms with Gasteiger partial charge in [-0.15, -0.1) is 6.58 Å². The summed E-state index contributed by atoms with van der Waals surface area (Å²) in [7, 11) is -3.92. The van der Waals surface area contributed by atoms with Crippen molar-refractivity contribution < 1.29 is 13.2 Å². The first kappa shape index (κ1) is 20.4. The Morgan fingerprint density at radius 1 is 1.18 bits per heavy atom. The lowest BCUT2D eigenvalue weighted by molar-refractivity contribution is 0.0937. The Hall–Kier alpha value is -2.31. The second kappa shape index (κ2) is 8.80. The molecule has 0 atom stereocenters. The maximum atomic E-state index is 13.3. The topological polar surface area (TPSA) is 66.5 Å². The van der Waals surface area contributed by atoms with Gasteiger partial charge in [-0.2, -0.15) is 0 Å². The van der Waals surface area contributed by atoms with Crippen molar-refractivity contribution in [2.45, 2.75) is 36.6 Å². The van der Waals surface area contributed by atoms with Crippen LogP contribution < -0.4 is 9.62 Å². The summed E-state index contributed by atoms with van der Waals surface area (Å²) < 4.78 is 27.8.